The Hall–Kier alpha value is -2.40. The molecule has 0 atom stereocenters. The first-order valence-electron chi connectivity index (χ1n) is 5.41. The summed E-state index contributed by atoms with van der Waals surface area (Å²) in [7, 11) is 0. The average Bonchev–Trinajstić information content (AvgIpc) is 2.88. The van der Waals surface area contributed by atoms with Crippen molar-refractivity contribution in [3.8, 4) is 10.4 Å². The largest absolute Gasteiger partial charge is 0.502 e. The highest BCUT2D eigenvalue weighted by Gasteiger charge is 2.15. The smallest absolute Gasteiger partial charge is 0.371 e. The molecule has 1 heterocycles. The Morgan fingerprint density at radius 2 is 1.74 bits per heavy atom. The van der Waals surface area contributed by atoms with Crippen molar-refractivity contribution in [3.63, 3.8) is 0 Å². The van der Waals surface area contributed by atoms with Crippen LogP contribution in [0.1, 0.15) is 10.4 Å². The highest BCUT2D eigenvalue weighted by molar-refractivity contribution is 7.14. The molecule has 0 saturated heterocycles. The lowest BCUT2D eigenvalue weighted by Gasteiger charge is -2.01. The number of aliphatic hydroxyl groups is 1. The quantitative estimate of drug-likeness (QED) is 0.510. The first kappa shape index (κ1) is 13.0. The third-order valence-electron chi connectivity index (χ3n) is 2.45. The van der Waals surface area contributed by atoms with Gasteiger partial charge in [0.2, 0.25) is 5.76 Å². The van der Waals surface area contributed by atoms with Crippen molar-refractivity contribution in [1.29, 1.82) is 0 Å². The maximum atomic E-state index is 11.9. The van der Waals surface area contributed by atoms with Crippen LogP contribution in [0.3, 0.4) is 0 Å². The van der Waals surface area contributed by atoms with Gasteiger partial charge in [-0.25, -0.2) is 4.79 Å². The van der Waals surface area contributed by atoms with E-state index in [0.29, 0.717) is 5.56 Å². The molecular weight excluding hydrogens is 264 g/mol. The second kappa shape index (κ2) is 5.49. The molecule has 2 aromatic rings. The van der Waals surface area contributed by atoms with E-state index in [1.54, 1.807) is 11.4 Å². The zero-order valence-electron chi connectivity index (χ0n) is 9.74. The normalized spacial score (nSPS) is 11.3. The van der Waals surface area contributed by atoms with E-state index >= 15 is 0 Å². The van der Waals surface area contributed by atoms with Gasteiger partial charge in [0.25, 0.3) is 0 Å². The molecule has 5 heteroatoms. The molecule has 4 nitrogen and oxygen atoms in total. The monoisotopic (exact) mass is 274 g/mol. The van der Waals surface area contributed by atoms with Gasteiger partial charge in [-0.15, -0.1) is 11.3 Å². The van der Waals surface area contributed by atoms with Crippen molar-refractivity contribution in [2.24, 2.45) is 0 Å². The summed E-state index contributed by atoms with van der Waals surface area (Å²) in [6.45, 7) is 0. The summed E-state index contributed by atoms with van der Waals surface area (Å²) in [6, 6.07) is 10.9. The number of aliphatic carboxylic acids is 1. The summed E-state index contributed by atoms with van der Waals surface area (Å²) in [5.74, 6) is -3.01. The van der Waals surface area contributed by atoms with Gasteiger partial charge in [0, 0.05) is 16.5 Å². The maximum Gasteiger partial charge on any atom is 0.371 e. The van der Waals surface area contributed by atoms with E-state index in [9.17, 15) is 9.59 Å². The van der Waals surface area contributed by atoms with E-state index in [1.165, 1.54) is 11.3 Å². The van der Waals surface area contributed by atoms with Crippen molar-refractivity contribution < 1.29 is 19.8 Å². The summed E-state index contributed by atoms with van der Waals surface area (Å²) in [5, 5.41) is 19.4. The molecule has 0 unspecified atom stereocenters. The number of carbonyl (C=O) groups is 2. The molecule has 0 spiro atoms. The van der Waals surface area contributed by atoms with Crippen molar-refractivity contribution >= 4 is 23.1 Å². The summed E-state index contributed by atoms with van der Waals surface area (Å²) in [4.78, 5) is 23.2. The van der Waals surface area contributed by atoms with Crippen LogP contribution >= 0.6 is 11.3 Å². The van der Waals surface area contributed by atoms with Crippen molar-refractivity contribution in [2.45, 2.75) is 0 Å². The Bertz CT molecular complexity index is 640. The molecule has 1 aromatic heterocycles. The Balaban J connectivity index is 2.38. The molecule has 0 aliphatic rings. The number of benzene rings is 1. The molecule has 0 aliphatic heterocycles. The van der Waals surface area contributed by atoms with Crippen LogP contribution in [-0.2, 0) is 4.79 Å². The third kappa shape index (κ3) is 2.89. The summed E-state index contributed by atoms with van der Waals surface area (Å²) in [5.41, 5.74) is 1.26. The number of allylic oxidation sites excluding steroid dienone is 1. The number of ketones is 1. The number of carbonyl (C=O) groups excluding carboxylic acids is 1. The second-order valence-corrected chi connectivity index (χ2v) is 4.64. The average molecular weight is 274 g/mol. The molecule has 96 valence electrons. The number of hydrogen-bond donors (Lipinski definition) is 2. The minimum atomic E-state index is -1.52. The Morgan fingerprint density at radius 1 is 1.05 bits per heavy atom. The van der Waals surface area contributed by atoms with E-state index in [-0.39, 0.29) is 0 Å². The van der Waals surface area contributed by atoms with Crippen LogP contribution in [0.5, 0.6) is 0 Å². The predicted molar refractivity (Wildman–Crippen MR) is 72.4 cm³/mol. The lowest BCUT2D eigenvalue weighted by atomic mass is 10.1. The van der Waals surface area contributed by atoms with E-state index in [1.807, 2.05) is 30.3 Å². The number of aliphatic hydroxyl groups excluding tert-OH is 1. The van der Waals surface area contributed by atoms with Crippen LogP contribution < -0.4 is 0 Å². The number of thiophene rings is 1. The van der Waals surface area contributed by atoms with Crippen LogP contribution in [0.15, 0.2) is 53.6 Å². The highest BCUT2D eigenvalue weighted by atomic mass is 32.1. The van der Waals surface area contributed by atoms with Crippen LogP contribution in [-0.4, -0.2) is 22.0 Å². The van der Waals surface area contributed by atoms with Gasteiger partial charge >= 0.3 is 5.97 Å². The summed E-state index contributed by atoms with van der Waals surface area (Å²) in [6.07, 6.45) is 0.719. The van der Waals surface area contributed by atoms with Crippen LogP contribution in [0, 0.1) is 0 Å². The van der Waals surface area contributed by atoms with Gasteiger partial charge in [-0.1, -0.05) is 30.3 Å². The molecule has 0 radical (unpaired) electrons. The fourth-order valence-corrected chi connectivity index (χ4v) is 2.49. The Morgan fingerprint density at radius 3 is 2.37 bits per heavy atom. The first-order chi connectivity index (χ1) is 9.09. The molecule has 0 bridgehead atoms. The van der Waals surface area contributed by atoms with Crippen LogP contribution in [0.4, 0.5) is 0 Å². The van der Waals surface area contributed by atoms with Gasteiger partial charge < -0.3 is 10.2 Å². The SMILES string of the molecule is O=C(O)C(O)=CC(=O)c1ccsc1-c1ccccc1. The Labute approximate surface area is 113 Å². The molecule has 0 amide bonds. The molecule has 2 rings (SSSR count). The number of carboxylic acid groups (broad SMARTS) is 1. The molecule has 1 aromatic carbocycles. The summed E-state index contributed by atoms with van der Waals surface area (Å²) >= 11 is 1.39. The van der Waals surface area contributed by atoms with E-state index in [4.69, 9.17) is 10.2 Å². The number of hydrogen-bond acceptors (Lipinski definition) is 4. The van der Waals surface area contributed by atoms with Gasteiger partial charge in [-0.2, -0.15) is 0 Å². The van der Waals surface area contributed by atoms with E-state index in [2.05, 4.69) is 0 Å². The fraction of sp³-hybridized carbons (Fsp3) is 0. The first-order valence-corrected chi connectivity index (χ1v) is 6.28. The van der Waals surface area contributed by atoms with Gasteiger partial charge in [0.1, 0.15) is 0 Å². The molecule has 0 fully saturated rings. The topological polar surface area (TPSA) is 74.6 Å². The zero-order valence-corrected chi connectivity index (χ0v) is 10.6. The standard InChI is InChI=1S/C14H10O4S/c15-11(8-12(16)14(17)18)10-6-7-19-13(10)9-4-2-1-3-5-9/h1-8,16H,(H,17,18). The molecule has 19 heavy (non-hydrogen) atoms. The summed E-state index contributed by atoms with van der Waals surface area (Å²) < 4.78 is 0. The third-order valence-corrected chi connectivity index (χ3v) is 3.42. The van der Waals surface area contributed by atoms with Crippen LogP contribution in [0.2, 0.25) is 0 Å². The number of carboxylic acids is 1. The van der Waals surface area contributed by atoms with Gasteiger partial charge in [-0.3, -0.25) is 4.79 Å². The van der Waals surface area contributed by atoms with Crippen molar-refractivity contribution in [1.82, 2.24) is 0 Å². The van der Waals surface area contributed by atoms with Gasteiger partial charge in [0.05, 0.1) is 0 Å². The maximum absolute atomic E-state index is 11.9. The fourth-order valence-electron chi connectivity index (χ4n) is 1.58. The molecule has 2 N–H and O–H groups in total. The highest BCUT2D eigenvalue weighted by Crippen LogP contribution is 2.30. The van der Waals surface area contributed by atoms with Crippen molar-refractivity contribution in [2.75, 3.05) is 0 Å². The second-order valence-electron chi connectivity index (χ2n) is 3.73. The minimum absolute atomic E-state index is 0.379. The minimum Gasteiger partial charge on any atom is -0.502 e. The molecule has 0 saturated carbocycles. The van der Waals surface area contributed by atoms with Gasteiger partial charge in [-0.05, 0) is 17.0 Å². The lowest BCUT2D eigenvalue weighted by Crippen LogP contribution is -2.03. The molecular formula is C14H10O4S. The van der Waals surface area contributed by atoms with E-state index in [0.717, 1.165) is 16.5 Å². The lowest BCUT2D eigenvalue weighted by molar-refractivity contribution is -0.135. The van der Waals surface area contributed by atoms with E-state index < -0.39 is 17.5 Å². The zero-order chi connectivity index (χ0) is 13.8. The van der Waals surface area contributed by atoms with Crippen LogP contribution in [0.25, 0.3) is 10.4 Å². The van der Waals surface area contributed by atoms with Crippen molar-refractivity contribution in [3.05, 3.63) is 59.2 Å². The molecule has 0 aliphatic carbocycles. The predicted octanol–water partition coefficient (Wildman–Crippen LogP) is 3.12. The Kier molecular flexibility index (Phi) is 3.77. The number of rotatable bonds is 4. The van der Waals surface area contributed by atoms with Gasteiger partial charge in [0.15, 0.2) is 5.78 Å².